The van der Waals surface area contributed by atoms with Crippen molar-refractivity contribution in [2.24, 2.45) is 7.05 Å². The number of carbonyl (C=O) groups excluding carboxylic acids is 1. The number of benzene rings is 2. The van der Waals surface area contributed by atoms with Crippen LogP contribution in [0.3, 0.4) is 0 Å². The summed E-state index contributed by atoms with van der Waals surface area (Å²) in [6, 6.07) is 10.1. The van der Waals surface area contributed by atoms with E-state index in [-0.39, 0.29) is 29.8 Å². The molecule has 0 atom stereocenters. The monoisotopic (exact) mass is 539 g/mol. The number of anilines is 1. The Labute approximate surface area is 225 Å². The summed E-state index contributed by atoms with van der Waals surface area (Å²) in [6.45, 7) is 3.95. The molecule has 2 aromatic carbocycles. The van der Waals surface area contributed by atoms with Gasteiger partial charge in [0.05, 0.1) is 23.1 Å². The van der Waals surface area contributed by atoms with E-state index >= 15 is 0 Å². The van der Waals surface area contributed by atoms with E-state index in [1.54, 1.807) is 31.5 Å². The maximum Gasteiger partial charge on any atom is 0.416 e. The Kier molecular flexibility index (Phi) is 5.75. The van der Waals surface area contributed by atoms with Crippen LogP contribution in [0.4, 0.5) is 18.9 Å². The summed E-state index contributed by atoms with van der Waals surface area (Å²) in [5.41, 5.74) is -0.426. The van der Waals surface area contributed by atoms with Crippen molar-refractivity contribution < 1.29 is 23.1 Å². The first-order chi connectivity index (χ1) is 18.3. The third kappa shape index (κ3) is 4.34. The fourth-order valence-electron chi connectivity index (χ4n) is 6.66. The van der Waals surface area contributed by atoms with Gasteiger partial charge in [0.25, 0.3) is 5.91 Å². The highest BCUT2D eigenvalue weighted by Gasteiger charge is 2.56. The normalized spacial score (nSPS) is 25.8. The molecule has 39 heavy (non-hydrogen) atoms. The smallest absolute Gasteiger partial charge is 0.390 e. The molecule has 3 aromatic rings. The average molecular weight is 540 g/mol. The van der Waals surface area contributed by atoms with Crippen molar-refractivity contribution in [1.82, 2.24) is 20.1 Å². The molecule has 0 radical (unpaired) electrons. The van der Waals surface area contributed by atoms with Crippen molar-refractivity contribution in [1.29, 1.82) is 0 Å². The maximum absolute atomic E-state index is 14.2. The molecule has 2 aliphatic carbocycles. The van der Waals surface area contributed by atoms with Crippen LogP contribution in [0.5, 0.6) is 0 Å². The average Bonchev–Trinajstić information content (AvgIpc) is 3.42. The van der Waals surface area contributed by atoms with Gasteiger partial charge in [-0.1, -0.05) is 12.1 Å². The second-order valence-corrected chi connectivity index (χ2v) is 12.1. The molecule has 2 saturated carbocycles. The van der Waals surface area contributed by atoms with Gasteiger partial charge in [-0.2, -0.15) is 13.2 Å². The molecule has 2 N–H and O–H groups in total. The van der Waals surface area contributed by atoms with Crippen LogP contribution in [0.15, 0.2) is 42.7 Å². The lowest BCUT2D eigenvalue weighted by Crippen LogP contribution is -2.54. The number of aliphatic hydroxyl groups is 1. The molecule has 1 aromatic heterocycles. The molecule has 1 aliphatic heterocycles. The predicted molar refractivity (Wildman–Crippen MR) is 139 cm³/mol. The van der Waals surface area contributed by atoms with Crippen molar-refractivity contribution in [2.75, 3.05) is 4.90 Å². The maximum atomic E-state index is 14.2. The van der Waals surface area contributed by atoms with Crippen LogP contribution in [0, 0.1) is 0 Å². The zero-order valence-corrected chi connectivity index (χ0v) is 22.3. The van der Waals surface area contributed by atoms with E-state index in [9.17, 15) is 23.1 Å². The van der Waals surface area contributed by atoms with E-state index in [0.29, 0.717) is 29.9 Å². The van der Waals surface area contributed by atoms with E-state index in [4.69, 9.17) is 0 Å². The summed E-state index contributed by atoms with van der Waals surface area (Å²) in [5.74, 6) is 0.247. The highest BCUT2D eigenvalue weighted by atomic mass is 19.4. The summed E-state index contributed by atoms with van der Waals surface area (Å²) in [6.07, 6.45) is 0.923. The number of nitrogens with one attached hydrogen (secondary N) is 1. The molecule has 1 amide bonds. The van der Waals surface area contributed by atoms with Gasteiger partial charge < -0.3 is 19.9 Å². The second kappa shape index (κ2) is 8.63. The summed E-state index contributed by atoms with van der Waals surface area (Å²) in [5, 5.41) is 22.4. The van der Waals surface area contributed by atoms with Crippen LogP contribution < -0.4 is 10.2 Å². The van der Waals surface area contributed by atoms with E-state index in [1.165, 1.54) is 11.0 Å². The topological polar surface area (TPSA) is 83.3 Å². The minimum Gasteiger partial charge on any atom is -0.390 e. The third-order valence-corrected chi connectivity index (χ3v) is 8.80. The molecular weight excluding hydrogens is 507 g/mol. The number of halogens is 3. The lowest BCUT2D eigenvalue weighted by molar-refractivity contribution is -0.138. The zero-order chi connectivity index (χ0) is 27.8. The number of hydrogen-bond donors (Lipinski definition) is 2. The van der Waals surface area contributed by atoms with Gasteiger partial charge in [-0.3, -0.25) is 4.79 Å². The molecule has 0 spiro atoms. The number of carbonyl (C=O) groups is 1. The molecule has 206 valence electrons. The highest BCUT2D eigenvalue weighted by Crippen LogP contribution is 2.54. The van der Waals surface area contributed by atoms with E-state index in [2.05, 4.69) is 22.4 Å². The number of alkyl halides is 3. The summed E-state index contributed by atoms with van der Waals surface area (Å²) in [4.78, 5) is 15.0. The molecule has 6 rings (SSSR count). The van der Waals surface area contributed by atoms with Crippen molar-refractivity contribution in [3.05, 3.63) is 76.4 Å². The Bertz CT molecular complexity index is 1450. The number of rotatable bonds is 6. The largest absolute Gasteiger partial charge is 0.416 e. The van der Waals surface area contributed by atoms with Crippen molar-refractivity contribution in [3.8, 4) is 0 Å². The highest BCUT2D eigenvalue weighted by molar-refractivity contribution is 6.10. The first kappa shape index (κ1) is 26.0. The van der Waals surface area contributed by atoms with Gasteiger partial charge in [0.15, 0.2) is 0 Å². The third-order valence-electron chi connectivity index (χ3n) is 8.80. The first-order valence-corrected chi connectivity index (χ1v) is 13.3. The lowest BCUT2D eigenvalue weighted by Gasteiger charge is -2.51. The van der Waals surface area contributed by atoms with Gasteiger partial charge in [0, 0.05) is 30.4 Å². The Balaban J connectivity index is 1.35. The number of fused-ring (bicyclic) bond motifs is 1. The number of aryl methyl sites for hydroxylation is 1. The first-order valence-electron chi connectivity index (χ1n) is 13.3. The molecule has 10 heteroatoms. The molecular formula is C29H32F3N5O2. The summed E-state index contributed by atoms with van der Waals surface area (Å²) < 4.78 is 44.4. The summed E-state index contributed by atoms with van der Waals surface area (Å²) >= 11 is 0. The molecule has 0 saturated heterocycles. The standard InChI is InChI=1S/C29H32F3N5O2/c1-26(8-5-9-26)33-13-18-10-21-22(23(11-18)29(30,31)32)14-37(24(21)38)20-7-4-6-19(12-20)28(15-27(2,39)16-28)25-35-34-17-36(25)3/h4,6-7,10-12,17,33,39H,5,8-9,13-16H2,1-3H3/t27-,28+. The second-order valence-electron chi connectivity index (χ2n) is 12.1. The summed E-state index contributed by atoms with van der Waals surface area (Å²) in [7, 11) is 1.84. The van der Waals surface area contributed by atoms with Crippen molar-refractivity contribution in [3.63, 3.8) is 0 Å². The van der Waals surface area contributed by atoms with E-state index in [1.807, 2.05) is 23.7 Å². The fraction of sp³-hybridized carbons (Fsp3) is 0.483. The Morgan fingerprint density at radius 2 is 1.87 bits per heavy atom. The van der Waals surface area contributed by atoms with Crippen LogP contribution in [0.2, 0.25) is 0 Å². The van der Waals surface area contributed by atoms with Crippen molar-refractivity contribution in [2.45, 2.75) is 81.8 Å². The van der Waals surface area contributed by atoms with Gasteiger partial charge in [-0.15, -0.1) is 10.2 Å². The van der Waals surface area contributed by atoms with Gasteiger partial charge in [-0.25, -0.2) is 0 Å². The van der Waals surface area contributed by atoms with Gasteiger partial charge in [-0.05, 0) is 86.9 Å². The van der Waals surface area contributed by atoms with Gasteiger partial charge >= 0.3 is 6.18 Å². The lowest BCUT2D eigenvalue weighted by atomic mass is 9.56. The molecule has 2 fully saturated rings. The Morgan fingerprint density at radius 3 is 2.46 bits per heavy atom. The fourth-order valence-corrected chi connectivity index (χ4v) is 6.66. The number of nitrogens with zero attached hydrogens (tertiary/aromatic N) is 4. The number of amides is 1. The van der Waals surface area contributed by atoms with E-state index in [0.717, 1.165) is 24.8 Å². The van der Waals surface area contributed by atoms with Gasteiger partial charge in [0.1, 0.15) is 12.2 Å². The molecule has 7 nitrogen and oxygen atoms in total. The van der Waals surface area contributed by atoms with Crippen LogP contribution in [0.1, 0.15) is 84.4 Å². The quantitative estimate of drug-likeness (QED) is 0.468. The van der Waals surface area contributed by atoms with Crippen molar-refractivity contribution >= 4 is 11.6 Å². The minimum absolute atomic E-state index is 0.00565. The van der Waals surface area contributed by atoms with Crippen LogP contribution in [-0.4, -0.2) is 36.9 Å². The molecule has 3 aliphatic rings. The predicted octanol–water partition coefficient (Wildman–Crippen LogP) is 4.86. The van der Waals surface area contributed by atoms with Crippen LogP contribution >= 0.6 is 0 Å². The Morgan fingerprint density at radius 1 is 1.13 bits per heavy atom. The Hall–Kier alpha value is -3.24. The van der Waals surface area contributed by atoms with Gasteiger partial charge in [0.2, 0.25) is 0 Å². The van der Waals surface area contributed by atoms with Crippen LogP contribution in [-0.2, 0) is 31.7 Å². The number of hydrogen-bond acceptors (Lipinski definition) is 5. The minimum atomic E-state index is -4.58. The number of aromatic nitrogens is 3. The molecule has 0 bridgehead atoms. The molecule has 0 unspecified atom stereocenters. The van der Waals surface area contributed by atoms with Crippen LogP contribution in [0.25, 0.3) is 0 Å². The van der Waals surface area contributed by atoms with E-state index < -0.39 is 28.7 Å². The zero-order valence-electron chi connectivity index (χ0n) is 22.3. The molecule has 2 heterocycles. The SMILES string of the molecule is Cn1cnnc1[C@]1(c2cccc(N3Cc4c(cc(CNC5(C)CCC5)cc4C(F)(F)F)C3=O)c2)C[C@](C)(O)C1.